The van der Waals surface area contributed by atoms with Crippen LogP contribution in [0.15, 0.2) is 78.9 Å². The maximum atomic E-state index is 12.5. The average molecular weight is 535 g/mol. The number of thiocarbonyl (C=S) groups is 1. The monoisotopic (exact) mass is 534 g/mol. The van der Waals surface area contributed by atoms with Crippen molar-refractivity contribution in [3.8, 4) is 0 Å². The highest BCUT2D eigenvalue weighted by atomic mass is 35.5. The van der Waals surface area contributed by atoms with E-state index in [4.69, 9.17) is 23.8 Å². The Morgan fingerprint density at radius 3 is 2.03 bits per heavy atom. The number of rotatable bonds is 5. The van der Waals surface area contributed by atoms with Crippen molar-refractivity contribution >= 4 is 58.4 Å². The van der Waals surface area contributed by atoms with Gasteiger partial charge in [0.2, 0.25) is 5.91 Å². The van der Waals surface area contributed by atoms with Gasteiger partial charge in [-0.15, -0.1) is 0 Å². The van der Waals surface area contributed by atoms with Crippen molar-refractivity contribution in [2.75, 3.05) is 5.32 Å². The number of nitrogens with one attached hydrogen (secondary N) is 4. The lowest BCUT2D eigenvalue weighted by molar-refractivity contribution is -0.115. The van der Waals surface area contributed by atoms with Crippen LogP contribution in [0.25, 0.3) is 6.08 Å². The number of carbonyl (C=O) groups excluding carboxylic acids is 3. The Hall–Kier alpha value is -4.01. The Labute approximate surface area is 226 Å². The van der Waals surface area contributed by atoms with Gasteiger partial charge in [-0.25, -0.2) is 0 Å². The fraction of sp³-hybridized carbons (Fsp3) is 0.143. The third kappa shape index (κ3) is 8.27. The number of benzene rings is 3. The van der Waals surface area contributed by atoms with Gasteiger partial charge in [-0.05, 0) is 77.3 Å². The van der Waals surface area contributed by atoms with Gasteiger partial charge in [-0.3, -0.25) is 30.6 Å². The van der Waals surface area contributed by atoms with Crippen LogP contribution in [0.1, 0.15) is 52.6 Å². The highest BCUT2D eigenvalue weighted by Gasteiger charge is 2.14. The van der Waals surface area contributed by atoms with Gasteiger partial charge in [0.25, 0.3) is 11.8 Å². The minimum absolute atomic E-state index is 0.00378. The smallest absolute Gasteiger partial charge is 0.269 e. The van der Waals surface area contributed by atoms with Crippen LogP contribution in [0.4, 0.5) is 5.69 Å². The van der Waals surface area contributed by atoms with Gasteiger partial charge in [0.05, 0.1) is 0 Å². The molecule has 0 aromatic heterocycles. The predicted octanol–water partition coefficient (Wildman–Crippen LogP) is 5.24. The molecule has 0 saturated heterocycles. The van der Waals surface area contributed by atoms with E-state index in [1.807, 2.05) is 12.1 Å². The molecule has 3 aromatic rings. The van der Waals surface area contributed by atoms with Crippen molar-refractivity contribution in [3.05, 3.63) is 106 Å². The van der Waals surface area contributed by atoms with E-state index < -0.39 is 11.8 Å². The largest absolute Gasteiger partial charge is 0.322 e. The second kappa shape index (κ2) is 12.3. The summed E-state index contributed by atoms with van der Waals surface area (Å²) in [5, 5.41) is 5.67. The van der Waals surface area contributed by atoms with Crippen LogP contribution in [-0.2, 0) is 10.2 Å². The number of halogens is 1. The molecule has 0 fully saturated rings. The fourth-order valence-corrected chi connectivity index (χ4v) is 3.53. The highest BCUT2D eigenvalue weighted by Crippen LogP contribution is 2.22. The number of hydrogen-bond donors (Lipinski definition) is 4. The molecule has 7 nitrogen and oxygen atoms in total. The van der Waals surface area contributed by atoms with E-state index in [9.17, 15) is 14.4 Å². The van der Waals surface area contributed by atoms with Crippen molar-refractivity contribution in [2.45, 2.75) is 26.2 Å². The molecule has 0 heterocycles. The van der Waals surface area contributed by atoms with Gasteiger partial charge in [0, 0.05) is 27.9 Å². The van der Waals surface area contributed by atoms with E-state index >= 15 is 0 Å². The van der Waals surface area contributed by atoms with E-state index in [0.29, 0.717) is 27.4 Å². The summed E-state index contributed by atoms with van der Waals surface area (Å²) in [6, 6.07) is 20.9. The van der Waals surface area contributed by atoms with Crippen LogP contribution >= 0.6 is 23.8 Å². The molecule has 0 saturated carbocycles. The lowest BCUT2D eigenvalue weighted by atomic mass is 9.87. The van der Waals surface area contributed by atoms with Crippen molar-refractivity contribution in [3.63, 3.8) is 0 Å². The molecule has 0 aliphatic heterocycles. The van der Waals surface area contributed by atoms with Crippen molar-refractivity contribution < 1.29 is 14.4 Å². The topological polar surface area (TPSA) is 99.3 Å². The Balaban J connectivity index is 1.47. The van der Waals surface area contributed by atoms with Crippen LogP contribution in [0.2, 0.25) is 5.02 Å². The van der Waals surface area contributed by atoms with E-state index in [1.165, 1.54) is 6.08 Å². The van der Waals surface area contributed by atoms with Gasteiger partial charge in [-0.2, -0.15) is 0 Å². The summed E-state index contributed by atoms with van der Waals surface area (Å²) in [6.45, 7) is 6.33. The molecule has 0 unspecified atom stereocenters. The number of hydrazine groups is 1. The minimum atomic E-state index is -0.486. The molecule has 3 aromatic carbocycles. The molecule has 4 N–H and O–H groups in total. The third-order valence-electron chi connectivity index (χ3n) is 5.26. The molecule has 37 heavy (non-hydrogen) atoms. The molecule has 190 valence electrons. The first-order chi connectivity index (χ1) is 17.5. The van der Waals surface area contributed by atoms with Gasteiger partial charge in [-0.1, -0.05) is 62.7 Å². The molecule has 0 bridgehead atoms. The first-order valence-corrected chi connectivity index (χ1v) is 12.2. The second-order valence-corrected chi connectivity index (χ2v) is 9.93. The maximum absolute atomic E-state index is 12.5. The minimum Gasteiger partial charge on any atom is -0.322 e. The summed E-state index contributed by atoms with van der Waals surface area (Å²) in [7, 11) is 0. The fourth-order valence-electron chi connectivity index (χ4n) is 3.18. The SMILES string of the molecule is CC(C)(C)c1ccc(C(=O)Nc2ccc(C(=O)NNC(=S)NC(=O)/C=C/c3ccccc3Cl)cc2)cc1. The summed E-state index contributed by atoms with van der Waals surface area (Å²) in [6.07, 6.45) is 2.84. The summed E-state index contributed by atoms with van der Waals surface area (Å²) >= 11 is 11.1. The molecule has 0 atom stereocenters. The highest BCUT2D eigenvalue weighted by molar-refractivity contribution is 7.80. The quantitative estimate of drug-likeness (QED) is 0.204. The molecule has 0 aliphatic carbocycles. The van der Waals surface area contributed by atoms with Crippen molar-refractivity contribution in [2.24, 2.45) is 0 Å². The van der Waals surface area contributed by atoms with Crippen LogP contribution in [0.3, 0.4) is 0 Å². The molecule has 3 amide bonds. The summed E-state index contributed by atoms with van der Waals surface area (Å²) in [5.74, 6) is -1.21. The molecule has 0 aliphatic rings. The Morgan fingerprint density at radius 1 is 0.811 bits per heavy atom. The summed E-state index contributed by atoms with van der Waals surface area (Å²) in [4.78, 5) is 37.0. The van der Waals surface area contributed by atoms with Gasteiger partial charge >= 0.3 is 0 Å². The molecule has 0 radical (unpaired) electrons. The van der Waals surface area contributed by atoms with E-state index in [-0.39, 0.29) is 16.4 Å². The number of carbonyl (C=O) groups is 3. The number of hydrogen-bond acceptors (Lipinski definition) is 4. The molecule has 9 heteroatoms. The number of amides is 3. The Bertz CT molecular complexity index is 1330. The van der Waals surface area contributed by atoms with Crippen molar-refractivity contribution in [1.29, 1.82) is 0 Å². The molecule has 0 spiro atoms. The Kier molecular flexibility index (Phi) is 9.16. The van der Waals surface area contributed by atoms with Gasteiger partial charge in [0.1, 0.15) is 0 Å². The summed E-state index contributed by atoms with van der Waals surface area (Å²) in [5.41, 5.74) is 8.12. The molecule has 3 rings (SSSR count). The standard InChI is InChI=1S/C28H27ClN4O3S/c1-28(2,3)21-13-8-19(9-14-21)25(35)30-22-15-10-20(11-16-22)26(36)32-33-27(37)31-24(34)17-12-18-6-4-5-7-23(18)29/h4-17H,1-3H3,(H,30,35)(H,32,36)(H2,31,33,34,37)/b17-12+. The zero-order valence-electron chi connectivity index (χ0n) is 20.6. The molecular weight excluding hydrogens is 508 g/mol. The summed E-state index contributed by atoms with van der Waals surface area (Å²) < 4.78 is 0. The van der Waals surface area contributed by atoms with Crippen LogP contribution in [0, 0.1) is 0 Å². The van der Waals surface area contributed by atoms with Gasteiger partial charge in [0.15, 0.2) is 5.11 Å². The normalized spacial score (nSPS) is 11.0. The third-order valence-corrected chi connectivity index (χ3v) is 5.81. The van der Waals surface area contributed by atoms with Gasteiger partial charge < -0.3 is 5.32 Å². The maximum Gasteiger partial charge on any atom is 0.269 e. The average Bonchev–Trinajstić information content (AvgIpc) is 2.87. The molecular formula is C28H27ClN4O3S. The van der Waals surface area contributed by atoms with E-state index in [1.54, 1.807) is 66.7 Å². The predicted molar refractivity (Wildman–Crippen MR) is 151 cm³/mol. The second-order valence-electron chi connectivity index (χ2n) is 9.11. The van der Waals surface area contributed by atoms with Crippen LogP contribution < -0.4 is 21.5 Å². The lowest BCUT2D eigenvalue weighted by Crippen LogP contribution is -2.48. The van der Waals surface area contributed by atoms with Crippen molar-refractivity contribution in [1.82, 2.24) is 16.2 Å². The number of anilines is 1. The lowest BCUT2D eigenvalue weighted by Gasteiger charge is -2.19. The zero-order valence-corrected chi connectivity index (χ0v) is 22.2. The van der Waals surface area contributed by atoms with E-state index in [0.717, 1.165) is 5.56 Å². The Morgan fingerprint density at radius 2 is 1.41 bits per heavy atom. The zero-order chi connectivity index (χ0) is 27.0. The first-order valence-electron chi connectivity index (χ1n) is 11.4. The van der Waals surface area contributed by atoms with Crippen LogP contribution in [-0.4, -0.2) is 22.8 Å². The van der Waals surface area contributed by atoms with Crippen LogP contribution in [0.5, 0.6) is 0 Å². The first kappa shape index (κ1) is 27.6. The van der Waals surface area contributed by atoms with E-state index in [2.05, 4.69) is 42.3 Å².